The summed E-state index contributed by atoms with van der Waals surface area (Å²) in [6.45, 7) is 4.60. The molecule has 4 nitrogen and oxygen atoms in total. The molecule has 20 heavy (non-hydrogen) atoms. The number of hydrogen-bond donors (Lipinski definition) is 1. The van der Waals surface area contributed by atoms with Gasteiger partial charge in [0, 0.05) is 56.1 Å². The summed E-state index contributed by atoms with van der Waals surface area (Å²) in [5.74, 6) is 0. The Morgan fingerprint density at radius 3 is 2.80 bits per heavy atom. The van der Waals surface area contributed by atoms with E-state index in [1.807, 2.05) is 19.5 Å². The number of ether oxygens (including phenoxy) is 2. The van der Waals surface area contributed by atoms with Crippen molar-refractivity contribution in [2.24, 2.45) is 0 Å². The molecule has 1 saturated heterocycles. The Balaban J connectivity index is 2.16. The number of methoxy groups -OCH3 is 1. The molecular formula is C15H23BrN2O2. The zero-order valence-corrected chi connectivity index (χ0v) is 13.8. The molecule has 0 saturated carbocycles. The maximum Gasteiger partial charge on any atom is 0.0877 e. The fraction of sp³-hybridized carbons (Fsp3) is 0.667. The molecule has 1 aliphatic rings. The molecular weight excluding hydrogens is 320 g/mol. The summed E-state index contributed by atoms with van der Waals surface area (Å²) in [5.41, 5.74) is 1.07. The number of hydrogen-bond acceptors (Lipinski definition) is 4. The molecule has 1 aliphatic heterocycles. The van der Waals surface area contributed by atoms with E-state index >= 15 is 0 Å². The zero-order chi connectivity index (χ0) is 14.4. The minimum Gasteiger partial charge on any atom is -0.381 e. The third kappa shape index (κ3) is 3.79. The van der Waals surface area contributed by atoms with Crippen LogP contribution in [0.15, 0.2) is 22.9 Å². The summed E-state index contributed by atoms with van der Waals surface area (Å²) in [5, 5.41) is 3.59. The van der Waals surface area contributed by atoms with Crippen LogP contribution in [0.3, 0.4) is 0 Å². The van der Waals surface area contributed by atoms with Gasteiger partial charge in [0.2, 0.25) is 0 Å². The van der Waals surface area contributed by atoms with E-state index in [0.717, 1.165) is 43.5 Å². The first-order valence-corrected chi connectivity index (χ1v) is 7.95. The number of nitrogens with one attached hydrogen (secondary N) is 1. The SMILES string of the molecule is CCNC(Cc1cncc(Br)c1)C1(OC)CCOCC1. The number of nitrogens with zero attached hydrogens (tertiary/aromatic N) is 1. The highest BCUT2D eigenvalue weighted by Crippen LogP contribution is 2.30. The molecule has 112 valence electrons. The molecule has 0 spiro atoms. The minimum absolute atomic E-state index is 0.142. The molecule has 1 fully saturated rings. The Morgan fingerprint density at radius 2 is 2.20 bits per heavy atom. The third-order valence-electron chi connectivity index (χ3n) is 4.03. The van der Waals surface area contributed by atoms with E-state index in [-0.39, 0.29) is 11.6 Å². The first-order chi connectivity index (χ1) is 9.70. The molecule has 1 N–H and O–H groups in total. The topological polar surface area (TPSA) is 43.4 Å². The molecule has 0 radical (unpaired) electrons. The Kier molecular flexibility index (Phi) is 5.96. The molecule has 0 aromatic carbocycles. The van der Waals surface area contributed by atoms with Crippen LogP contribution in [0, 0.1) is 0 Å². The van der Waals surface area contributed by atoms with Crippen LogP contribution in [0.2, 0.25) is 0 Å². The Labute approximate surface area is 129 Å². The smallest absolute Gasteiger partial charge is 0.0877 e. The van der Waals surface area contributed by atoms with Gasteiger partial charge in [-0.1, -0.05) is 6.92 Å². The summed E-state index contributed by atoms with van der Waals surface area (Å²) in [6.07, 6.45) is 6.52. The van der Waals surface area contributed by atoms with E-state index in [9.17, 15) is 0 Å². The largest absolute Gasteiger partial charge is 0.381 e. The lowest BCUT2D eigenvalue weighted by atomic mass is 9.82. The van der Waals surface area contributed by atoms with Crippen molar-refractivity contribution in [1.82, 2.24) is 10.3 Å². The molecule has 5 heteroatoms. The van der Waals surface area contributed by atoms with Gasteiger partial charge in [0.05, 0.1) is 5.60 Å². The first-order valence-electron chi connectivity index (χ1n) is 7.16. The van der Waals surface area contributed by atoms with E-state index in [1.165, 1.54) is 5.56 Å². The van der Waals surface area contributed by atoms with Crippen LogP contribution in [-0.2, 0) is 15.9 Å². The second-order valence-corrected chi connectivity index (χ2v) is 6.12. The summed E-state index contributed by atoms with van der Waals surface area (Å²) < 4.78 is 12.4. The van der Waals surface area contributed by atoms with Gasteiger partial charge >= 0.3 is 0 Å². The average molecular weight is 343 g/mol. The van der Waals surface area contributed by atoms with Crippen molar-refractivity contribution >= 4 is 15.9 Å². The van der Waals surface area contributed by atoms with Crippen molar-refractivity contribution in [2.75, 3.05) is 26.9 Å². The number of likely N-dealkylation sites (N-methyl/N-ethyl adjacent to an activating group) is 1. The van der Waals surface area contributed by atoms with Gasteiger partial charge in [-0.2, -0.15) is 0 Å². The third-order valence-corrected chi connectivity index (χ3v) is 4.47. The van der Waals surface area contributed by atoms with Gasteiger partial charge in [-0.05, 0) is 40.5 Å². The van der Waals surface area contributed by atoms with Crippen LogP contribution in [0.4, 0.5) is 0 Å². The van der Waals surface area contributed by atoms with Crippen LogP contribution in [0.5, 0.6) is 0 Å². The predicted molar refractivity (Wildman–Crippen MR) is 82.9 cm³/mol. The number of halogens is 1. The molecule has 2 rings (SSSR count). The molecule has 1 atom stereocenters. The van der Waals surface area contributed by atoms with Crippen LogP contribution < -0.4 is 5.32 Å². The van der Waals surface area contributed by atoms with E-state index in [4.69, 9.17) is 9.47 Å². The van der Waals surface area contributed by atoms with E-state index in [0.29, 0.717) is 0 Å². The van der Waals surface area contributed by atoms with Crippen LogP contribution in [0.25, 0.3) is 0 Å². The van der Waals surface area contributed by atoms with Gasteiger partial charge < -0.3 is 14.8 Å². The average Bonchev–Trinajstić information content (AvgIpc) is 2.47. The van der Waals surface area contributed by atoms with Crippen LogP contribution in [0.1, 0.15) is 25.3 Å². The zero-order valence-electron chi connectivity index (χ0n) is 12.2. The lowest BCUT2D eigenvalue weighted by Crippen LogP contribution is -2.56. The Bertz CT molecular complexity index is 422. The quantitative estimate of drug-likeness (QED) is 0.862. The molecule has 2 heterocycles. The minimum atomic E-state index is -0.142. The van der Waals surface area contributed by atoms with Gasteiger partial charge in [-0.15, -0.1) is 0 Å². The summed E-state index contributed by atoms with van der Waals surface area (Å²) >= 11 is 3.48. The molecule has 0 bridgehead atoms. The van der Waals surface area contributed by atoms with Crippen molar-refractivity contribution in [1.29, 1.82) is 0 Å². The lowest BCUT2D eigenvalue weighted by molar-refractivity contribution is -0.110. The van der Waals surface area contributed by atoms with Gasteiger partial charge in [0.1, 0.15) is 0 Å². The van der Waals surface area contributed by atoms with Crippen LogP contribution in [-0.4, -0.2) is 43.5 Å². The van der Waals surface area contributed by atoms with Crippen molar-refractivity contribution in [3.8, 4) is 0 Å². The van der Waals surface area contributed by atoms with Crippen LogP contribution >= 0.6 is 15.9 Å². The van der Waals surface area contributed by atoms with Crippen molar-refractivity contribution < 1.29 is 9.47 Å². The molecule has 1 unspecified atom stereocenters. The first kappa shape index (κ1) is 15.9. The van der Waals surface area contributed by atoms with Gasteiger partial charge in [-0.3, -0.25) is 4.98 Å². The highest BCUT2D eigenvalue weighted by molar-refractivity contribution is 9.10. The fourth-order valence-electron chi connectivity index (χ4n) is 2.91. The molecule has 0 aliphatic carbocycles. The lowest BCUT2D eigenvalue weighted by Gasteiger charge is -2.42. The second-order valence-electron chi connectivity index (χ2n) is 5.21. The second kappa shape index (κ2) is 7.50. The number of aromatic nitrogens is 1. The fourth-order valence-corrected chi connectivity index (χ4v) is 3.32. The molecule has 0 amide bonds. The monoisotopic (exact) mass is 342 g/mol. The molecule has 1 aromatic heterocycles. The number of pyridine rings is 1. The predicted octanol–water partition coefficient (Wildman–Crippen LogP) is 2.56. The van der Waals surface area contributed by atoms with Crippen molar-refractivity contribution in [3.05, 3.63) is 28.5 Å². The summed E-state index contributed by atoms with van der Waals surface area (Å²) in [7, 11) is 1.81. The van der Waals surface area contributed by atoms with Crippen molar-refractivity contribution in [2.45, 2.75) is 37.8 Å². The van der Waals surface area contributed by atoms with E-state index in [1.54, 1.807) is 0 Å². The summed E-state index contributed by atoms with van der Waals surface area (Å²) in [6, 6.07) is 2.40. The maximum atomic E-state index is 5.92. The van der Waals surface area contributed by atoms with E-state index < -0.39 is 0 Å². The van der Waals surface area contributed by atoms with Gasteiger partial charge in [-0.25, -0.2) is 0 Å². The van der Waals surface area contributed by atoms with Gasteiger partial charge in [0.25, 0.3) is 0 Å². The molecule has 1 aromatic rings. The van der Waals surface area contributed by atoms with Crippen molar-refractivity contribution in [3.63, 3.8) is 0 Å². The maximum absolute atomic E-state index is 5.92. The highest BCUT2D eigenvalue weighted by atomic mass is 79.9. The Morgan fingerprint density at radius 1 is 1.45 bits per heavy atom. The number of rotatable bonds is 6. The Hall–Kier alpha value is -0.490. The summed E-state index contributed by atoms with van der Waals surface area (Å²) in [4.78, 5) is 4.25. The highest BCUT2D eigenvalue weighted by Gasteiger charge is 2.40. The normalized spacial score (nSPS) is 19.8. The van der Waals surface area contributed by atoms with E-state index in [2.05, 4.69) is 39.2 Å². The van der Waals surface area contributed by atoms with Gasteiger partial charge in [0.15, 0.2) is 0 Å². The standard InChI is InChI=1S/C15H23BrN2O2/c1-3-18-14(9-12-8-13(16)11-17-10-12)15(19-2)4-6-20-7-5-15/h8,10-11,14,18H,3-7,9H2,1-2H3.